The summed E-state index contributed by atoms with van der Waals surface area (Å²) in [6.07, 6.45) is 0. The van der Waals surface area contributed by atoms with E-state index in [9.17, 15) is 0 Å². The van der Waals surface area contributed by atoms with Crippen molar-refractivity contribution in [1.29, 1.82) is 0 Å². The number of nitrogens with one attached hydrogen (secondary N) is 2. The zero-order valence-corrected chi connectivity index (χ0v) is 12.5. The maximum atomic E-state index is 3.44. The smallest absolute Gasteiger partial charge is 0.0400 e. The molecule has 0 saturated carbocycles. The van der Waals surface area contributed by atoms with Gasteiger partial charge >= 0.3 is 0 Å². The minimum atomic E-state index is 0.836. The predicted molar refractivity (Wildman–Crippen MR) is 94.0 cm³/mol. The van der Waals surface area contributed by atoms with Crippen LogP contribution in [0.5, 0.6) is 0 Å². The van der Waals surface area contributed by atoms with Crippen LogP contribution >= 0.6 is 0 Å². The van der Waals surface area contributed by atoms with Crippen molar-refractivity contribution in [3.05, 3.63) is 96.1 Å². The van der Waals surface area contributed by atoms with Crippen molar-refractivity contribution < 1.29 is 0 Å². The molecule has 0 aliphatic carbocycles. The molecule has 0 aromatic heterocycles. The van der Waals surface area contributed by atoms with Crippen molar-refractivity contribution in [3.63, 3.8) is 0 Å². The van der Waals surface area contributed by atoms with Gasteiger partial charge in [0.2, 0.25) is 0 Å². The lowest BCUT2D eigenvalue weighted by Gasteiger charge is -2.09. The highest BCUT2D eigenvalue weighted by molar-refractivity contribution is 5.47. The Morgan fingerprint density at radius 1 is 0.455 bits per heavy atom. The summed E-state index contributed by atoms with van der Waals surface area (Å²) in [5.41, 5.74) is 4.85. The van der Waals surface area contributed by atoms with E-state index in [-0.39, 0.29) is 0 Å². The first-order chi connectivity index (χ1) is 10.9. The minimum absolute atomic E-state index is 0.836. The van der Waals surface area contributed by atoms with E-state index >= 15 is 0 Å². The standard InChI is InChI=1S/C20H20N2/c1-3-7-17(8-4-1)15-22-20-13-11-18(12-14-20)16-21-19-9-5-2-6-10-19/h1-14,21-22H,15-16H2. The normalized spacial score (nSPS) is 10.2. The van der Waals surface area contributed by atoms with E-state index in [0.717, 1.165) is 24.5 Å². The zero-order chi connectivity index (χ0) is 15.0. The Labute approximate surface area is 131 Å². The maximum absolute atomic E-state index is 3.44. The third-order valence-corrected chi connectivity index (χ3v) is 3.56. The molecule has 22 heavy (non-hydrogen) atoms. The van der Waals surface area contributed by atoms with E-state index in [2.05, 4.69) is 71.3 Å². The molecule has 2 nitrogen and oxygen atoms in total. The van der Waals surface area contributed by atoms with Crippen LogP contribution in [0.25, 0.3) is 0 Å². The molecule has 0 radical (unpaired) electrons. The van der Waals surface area contributed by atoms with E-state index in [0.29, 0.717) is 0 Å². The lowest BCUT2D eigenvalue weighted by Crippen LogP contribution is -2.01. The fraction of sp³-hybridized carbons (Fsp3) is 0.100. The van der Waals surface area contributed by atoms with Gasteiger partial charge in [-0.1, -0.05) is 60.7 Å². The van der Waals surface area contributed by atoms with E-state index in [1.54, 1.807) is 0 Å². The summed E-state index contributed by atoms with van der Waals surface area (Å²) in [5, 5.41) is 6.86. The van der Waals surface area contributed by atoms with Crippen molar-refractivity contribution in [2.45, 2.75) is 13.1 Å². The Kier molecular flexibility index (Phi) is 4.73. The van der Waals surface area contributed by atoms with Crippen molar-refractivity contribution >= 4 is 11.4 Å². The third-order valence-electron chi connectivity index (χ3n) is 3.56. The summed E-state index contributed by atoms with van der Waals surface area (Å²) in [6, 6.07) is 29.3. The monoisotopic (exact) mass is 288 g/mol. The van der Waals surface area contributed by atoms with Gasteiger partial charge in [-0.2, -0.15) is 0 Å². The van der Waals surface area contributed by atoms with E-state index in [1.807, 2.05) is 24.3 Å². The van der Waals surface area contributed by atoms with Crippen molar-refractivity contribution in [1.82, 2.24) is 0 Å². The van der Waals surface area contributed by atoms with Gasteiger partial charge in [-0.15, -0.1) is 0 Å². The molecule has 3 aromatic rings. The molecule has 3 aromatic carbocycles. The van der Waals surface area contributed by atoms with Crippen LogP contribution in [0.3, 0.4) is 0 Å². The van der Waals surface area contributed by atoms with Gasteiger partial charge in [0.1, 0.15) is 0 Å². The molecule has 0 aliphatic heterocycles. The van der Waals surface area contributed by atoms with Gasteiger partial charge in [-0.05, 0) is 35.4 Å². The van der Waals surface area contributed by atoms with Crippen molar-refractivity contribution in [2.75, 3.05) is 10.6 Å². The molecule has 3 rings (SSSR count). The quantitative estimate of drug-likeness (QED) is 0.673. The Morgan fingerprint density at radius 2 is 0.909 bits per heavy atom. The topological polar surface area (TPSA) is 24.1 Å². The fourth-order valence-corrected chi connectivity index (χ4v) is 2.30. The number of benzene rings is 3. The molecule has 0 amide bonds. The molecule has 0 aliphatic rings. The van der Waals surface area contributed by atoms with Crippen LogP contribution in [0.1, 0.15) is 11.1 Å². The number of rotatable bonds is 6. The van der Waals surface area contributed by atoms with Crippen LogP contribution < -0.4 is 10.6 Å². The average Bonchev–Trinajstić information content (AvgIpc) is 2.61. The molecule has 0 unspecified atom stereocenters. The molecule has 2 N–H and O–H groups in total. The molecular formula is C20H20N2. The Morgan fingerprint density at radius 3 is 1.50 bits per heavy atom. The largest absolute Gasteiger partial charge is 0.381 e. The summed E-state index contributed by atoms with van der Waals surface area (Å²) in [7, 11) is 0. The van der Waals surface area contributed by atoms with Gasteiger partial charge in [-0.25, -0.2) is 0 Å². The maximum Gasteiger partial charge on any atom is 0.0400 e. The SMILES string of the molecule is c1ccc(CNc2ccc(CNc3ccccc3)cc2)cc1. The molecule has 0 spiro atoms. The van der Waals surface area contributed by atoms with Crippen molar-refractivity contribution in [2.24, 2.45) is 0 Å². The van der Waals surface area contributed by atoms with Crippen LogP contribution in [0, 0.1) is 0 Å². The summed E-state index contributed by atoms with van der Waals surface area (Å²) in [6.45, 7) is 1.69. The highest BCUT2D eigenvalue weighted by Crippen LogP contribution is 2.13. The zero-order valence-electron chi connectivity index (χ0n) is 12.5. The molecule has 0 fully saturated rings. The average molecular weight is 288 g/mol. The predicted octanol–water partition coefficient (Wildman–Crippen LogP) is 4.91. The number of anilines is 2. The van der Waals surface area contributed by atoms with Gasteiger partial charge in [0.25, 0.3) is 0 Å². The first-order valence-corrected chi connectivity index (χ1v) is 7.56. The second-order valence-corrected chi connectivity index (χ2v) is 5.26. The molecule has 0 saturated heterocycles. The van der Waals surface area contributed by atoms with Gasteiger partial charge < -0.3 is 10.6 Å². The molecule has 2 heteroatoms. The molecule has 0 heterocycles. The molecule has 110 valence electrons. The number of hydrogen-bond donors (Lipinski definition) is 2. The van der Waals surface area contributed by atoms with E-state index in [4.69, 9.17) is 0 Å². The van der Waals surface area contributed by atoms with Gasteiger partial charge in [0.05, 0.1) is 0 Å². The minimum Gasteiger partial charge on any atom is -0.381 e. The highest BCUT2D eigenvalue weighted by atomic mass is 14.9. The number of para-hydroxylation sites is 1. The van der Waals surface area contributed by atoms with Crippen LogP contribution in [-0.2, 0) is 13.1 Å². The first-order valence-electron chi connectivity index (χ1n) is 7.56. The van der Waals surface area contributed by atoms with Crippen LogP contribution in [0.15, 0.2) is 84.9 Å². The second kappa shape index (κ2) is 7.32. The summed E-state index contributed by atoms with van der Waals surface area (Å²) < 4.78 is 0. The van der Waals surface area contributed by atoms with Crippen LogP contribution in [0.4, 0.5) is 11.4 Å². The summed E-state index contributed by atoms with van der Waals surface area (Å²) >= 11 is 0. The first kappa shape index (κ1) is 14.2. The van der Waals surface area contributed by atoms with Gasteiger partial charge in [0, 0.05) is 24.5 Å². The number of hydrogen-bond acceptors (Lipinski definition) is 2. The fourth-order valence-electron chi connectivity index (χ4n) is 2.30. The molecular weight excluding hydrogens is 268 g/mol. The lowest BCUT2D eigenvalue weighted by atomic mass is 10.2. The van der Waals surface area contributed by atoms with Gasteiger partial charge in [-0.3, -0.25) is 0 Å². The Hall–Kier alpha value is -2.74. The highest BCUT2D eigenvalue weighted by Gasteiger charge is 1.96. The second-order valence-electron chi connectivity index (χ2n) is 5.26. The Balaban J connectivity index is 1.52. The summed E-state index contributed by atoms with van der Waals surface area (Å²) in [4.78, 5) is 0. The van der Waals surface area contributed by atoms with Crippen LogP contribution in [-0.4, -0.2) is 0 Å². The van der Waals surface area contributed by atoms with E-state index in [1.165, 1.54) is 11.1 Å². The van der Waals surface area contributed by atoms with Gasteiger partial charge in [0.15, 0.2) is 0 Å². The van der Waals surface area contributed by atoms with Crippen LogP contribution in [0.2, 0.25) is 0 Å². The lowest BCUT2D eigenvalue weighted by molar-refractivity contribution is 1.13. The summed E-state index contributed by atoms with van der Waals surface area (Å²) in [5.74, 6) is 0. The van der Waals surface area contributed by atoms with E-state index < -0.39 is 0 Å². The molecule has 0 bridgehead atoms. The third kappa shape index (κ3) is 4.13. The molecule has 0 atom stereocenters. The van der Waals surface area contributed by atoms with Crippen molar-refractivity contribution in [3.8, 4) is 0 Å². The Bertz CT molecular complexity index is 613.